The fourth-order valence-electron chi connectivity index (χ4n) is 2.01. The lowest BCUT2D eigenvalue weighted by molar-refractivity contribution is -0.114. The Kier molecular flexibility index (Phi) is 5.00. The third kappa shape index (κ3) is 4.79. The van der Waals surface area contributed by atoms with Crippen LogP contribution in [-0.4, -0.2) is 27.1 Å². The minimum atomic E-state index is -3.63. The van der Waals surface area contributed by atoms with Gasteiger partial charge < -0.3 is 5.32 Å². The Balaban J connectivity index is 2.18. The topological polar surface area (TPSA) is 66.5 Å². The van der Waals surface area contributed by atoms with Crippen LogP contribution in [0.25, 0.3) is 0 Å². The zero-order valence-electron chi connectivity index (χ0n) is 12.8. The molecule has 0 aromatic heterocycles. The Labute approximate surface area is 134 Å². The van der Waals surface area contributed by atoms with E-state index in [1.165, 1.54) is 18.2 Å². The highest BCUT2D eigenvalue weighted by Crippen LogP contribution is 2.18. The van der Waals surface area contributed by atoms with Gasteiger partial charge in [-0.15, -0.1) is 0 Å². The van der Waals surface area contributed by atoms with E-state index in [2.05, 4.69) is 5.32 Å². The monoisotopic (exact) mass is 336 g/mol. The van der Waals surface area contributed by atoms with Gasteiger partial charge in [-0.3, -0.25) is 9.10 Å². The van der Waals surface area contributed by atoms with E-state index in [0.717, 1.165) is 22.2 Å². The molecular formula is C16H17FN2O3S. The summed E-state index contributed by atoms with van der Waals surface area (Å²) in [7, 11) is -3.63. The molecule has 0 fully saturated rings. The predicted molar refractivity (Wildman–Crippen MR) is 88.4 cm³/mol. The number of hydrogen-bond donors (Lipinski definition) is 1. The number of nitrogens with zero attached hydrogens (tertiary/aromatic N) is 1. The molecular weight excluding hydrogens is 319 g/mol. The van der Waals surface area contributed by atoms with Crippen molar-refractivity contribution in [3.05, 3.63) is 59.9 Å². The fourth-order valence-corrected chi connectivity index (χ4v) is 2.86. The average Bonchev–Trinajstić information content (AvgIpc) is 2.45. The minimum Gasteiger partial charge on any atom is -0.324 e. The second-order valence-electron chi connectivity index (χ2n) is 5.16. The number of anilines is 2. The number of hydrogen-bond acceptors (Lipinski definition) is 3. The number of sulfonamides is 1. The first-order valence-electron chi connectivity index (χ1n) is 6.85. The Morgan fingerprint density at radius 2 is 1.83 bits per heavy atom. The Hall–Kier alpha value is -2.41. The maximum absolute atomic E-state index is 13.1. The maximum atomic E-state index is 13.1. The van der Waals surface area contributed by atoms with E-state index < -0.39 is 28.3 Å². The first-order valence-corrected chi connectivity index (χ1v) is 8.70. The zero-order chi connectivity index (χ0) is 17.0. The smallest absolute Gasteiger partial charge is 0.245 e. The van der Waals surface area contributed by atoms with Crippen LogP contribution in [0.1, 0.15) is 5.56 Å². The van der Waals surface area contributed by atoms with Crippen molar-refractivity contribution in [1.82, 2.24) is 0 Å². The summed E-state index contributed by atoms with van der Waals surface area (Å²) in [6.45, 7) is 1.49. The summed E-state index contributed by atoms with van der Waals surface area (Å²) < 4.78 is 38.0. The summed E-state index contributed by atoms with van der Waals surface area (Å²) in [6, 6.07) is 12.2. The average molecular weight is 336 g/mol. The standard InChI is InChI=1S/C16H17FN2O3S/c1-12-6-8-15(9-7-12)19(23(2,21)22)11-16(20)18-14-5-3-4-13(17)10-14/h3-10H,11H2,1-2H3,(H,18,20). The molecule has 23 heavy (non-hydrogen) atoms. The van der Waals surface area contributed by atoms with Gasteiger partial charge in [0.25, 0.3) is 0 Å². The number of nitrogens with one attached hydrogen (secondary N) is 1. The largest absolute Gasteiger partial charge is 0.324 e. The molecule has 2 aromatic rings. The summed E-state index contributed by atoms with van der Waals surface area (Å²) >= 11 is 0. The molecule has 0 atom stereocenters. The maximum Gasteiger partial charge on any atom is 0.245 e. The Morgan fingerprint density at radius 1 is 1.17 bits per heavy atom. The molecule has 7 heteroatoms. The molecule has 0 aliphatic carbocycles. The van der Waals surface area contributed by atoms with E-state index in [1.807, 2.05) is 6.92 Å². The van der Waals surface area contributed by atoms with Gasteiger partial charge in [-0.25, -0.2) is 12.8 Å². The Morgan fingerprint density at radius 3 is 2.39 bits per heavy atom. The molecule has 0 spiro atoms. The normalized spacial score (nSPS) is 11.1. The summed E-state index contributed by atoms with van der Waals surface area (Å²) in [5, 5.41) is 2.48. The van der Waals surface area contributed by atoms with Gasteiger partial charge in [-0.05, 0) is 37.3 Å². The van der Waals surface area contributed by atoms with Crippen LogP contribution in [0, 0.1) is 12.7 Å². The van der Waals surface area contributed by atoms with E-state index in [-0.39, 0.29) is 5.69 Å². The molecule has 0 bridgehead atoms. The highest BCUT2D eigenvalue weighted by atomic mass is 32.2. The van der Waals surface area contributed by atoms with Crippen molar-refractivity contribution in [3.8, 4) is 0 Å². The van der Waals surface area contributed by atoms with Crippen LogP contribution in [0.4, 0.5) is 15.8 Å². The number of rotatable bonds is 5. The van der Waals surface area contributed by atoms with Gasteiger partial charge >= 0.3 is 0 Å². The van der Waals surface area contributed by atoms with E-state index >= 15 is 0 Å². The fraction of sp³-hybridized carbons (Fsp3) is 0.188. The van der Waals surface area contributed by atoms with Crippen molar-refractivity contribution in [1.29, 1.82) is 0 Å². The lowest BCUT2D eigenvalue weighted by Crippen LogP contribution is -2.37. The van der Waals surface area contributed by atoms with Gasteiger partial charge in [-0.2, -0.15) is 0 Å². The summed E-state index contributed by atoms with van der Waals surface area (Å²) in [5.41, 5.74) is 1.64. The third-order valence-electron chi connectivity index (χ3n) is 3.12. The molecule has 0 saturated heterocycles. The lowest BCUT2D eigenvalue weighted by Gasteiger charge is -2.22. The highest BCUT2D eigenvalue weighted by Gasteiger charge is 2.20. The van der Waals surface area contributed by atoms with E-state index in [4.69, 9.17) is 0 Å². The van der Waals surface area contributed by atoms with E-state index in [0.29, 0.717) is 5.69 Å². The summed E-state index contributed by atoms with van der Waals surface area (Å²) in [4.78, 5) is 12.1. The third-order valence-corrected chi connectivity index (χ3v) is 4.26. The second kappa shape index (κ2) is 6.78. The molecule has 2 rings (SSSR count). The van der Waals surface area contributed by atoms with Crippen LogP contribution in [0.15, 0.2) is 48.5 Å². The molecule has 0 aliphatic heterocycles. The van der Waals surface area contributed by atoms with Gasteiger partial charge in [0.1, 0.15) is 12.4 Å². The van der Waals surface area contributed by atoms with Crippen LogP contribution < -0.4 is 9.62 Å². The van der Waals surface area contributed by atoms with Crippen molar-refractivity contribution in [2.45, 2.75) is 6.92 Å². The second-order valence-corrected chi connectivity index (χ2v) is 7.07. The van der Waals surface area contributed by atoms with E-state index in [1.54, 1.807) is 24.3 Å². The first-order chi connectivity index (χ1) is 10.8. The van der Waals surface area contributed by atoms with Gasteiger partial charge in [0, 0.05) is 5.69 Å². The molecule has 122 valence electrons. The zero-order valence-corrected chi connectivity index (χ0v) is 13.6. The molecule has 0 saturated carbocycles. The highest BCUT2D eigenvalue weighted by molar-refractivity contribution is 7.92. The first kappa shape index (κ1) is 17.0. The van der Waals surface area contributed by atoms with Crippen molar-refractivity contribution in [2.24, 2.45) is 0 Å². The Bertz CT molecular complexity index is 804. The quantitative estimate of drug-likeness (QED) is 0.912. The van der Waals surface area contributed by atoms with Crippen molar-refractivity contribution < 1.29 is 17.6 Å². The lowest BCUT2D eigenvalue weighted by atomic mass is 10.2. The predicted octanol–water partition coefficient (Wildman–Crippen LogP) is 2.54. The molecule has 0 heterocycles. The number of carbonyl (C=O) groups is 1. The number of aryl methyl sites for hydroxylation is 1. The van der Waals surface area contributed by atoms with Crippen LogP contribution in [0.2, 0.25) is 0 Å². The van der Waals surface area contributed by atoms with Crippen molar-refractivity contribution in [3.63, 3.8) is 0 Å². The molecule has 1 N–H and O–H groups in total. The summed E-state index contributed by atoms with van der Waals surface area (Å²) in [6.07, 6.45) is 1.03. The SMILES string of the molecule is Cc1ccc(N(CC(=O)Nc2cccc(F)c2)S(C)(=O)=O)cc1. The number of halogens is 1. The van der Waals surface area contributed by atoms with Gasteiger partial charge in [0.05, 0.1) is 11.9 Å². The molecule has 0 radical (unpaired) electrons. The summed E-state index contributed by atoms with van der Waals surface area (Å²) in [5.74, 6) is -1.04. The van der Waals surface area contributed by atoms with Crippen molar-refractivity contribution in [2.75, 3.05) is 22.4 Å². The molecule has 2 aromatic carbocycles. The number of carbonyl (C=O) groups excluding carboxylic acids is 1. The molecule has 5 nitrogen and oxygen atoms in total. The number of benzene rings is 2. The van der Waals surface area contributed by atoms with Crippen LogP contribution >= 0.6 is 0 Å². The van der Waals surface area contributed by atoms with Gasteiger partial charge in [0.15, 0.2) is 0 Å². The molecule has 0 unspecified atom stereocenters. The van der Waals surface area contributed by atoms with Crippen LogP contribution in [0.5, 0.6) is 0 Å². The van der Waals surface area contributed by atoms with Gasteiger partial charge in [0.2, 0.25) is 15.9 Å². The van der Waals surface area contributed by atoms with Crippen molar-refractivity contribution >= 4 is 27.3 Å². The molecule has 1 amide bonds. The number of amides is 1. The van der Waals surface area contributed by atoms with Gasteiger partial charge in [-0.1, -0.05) is 23.8 Å². The van der Waals surface area contributed by atoms with Crippen LogP contribution in [0.3, 0.4) is 0 Å². The van der Waals surface area contributed by atoms with Crippen LogP contribution in [-0.2, 0) is 14.8 Å². The molecule has 0 aliphatic rings. The minimum absolute atomic E-state index is 0.271. The van der Waals surface area contributed by atoms with E-state index in [9.17, 15) is 17.6 Å².